The van der Waals surface area contributed by atoms with Gasteiger partial charge in [0, 0.05) is 29.7 Å². The summed E-state index contributed by atoms with van der Waals surface area (Å²) in [6.07, 6.45) is 4.64. The highest BCUT2D eigenvalue weighted by Gasteiger charge is 2.39. The smallest absolute Gasteiger partial charge is 0.233 e. The molecule has 30 heavy (non-hydrogen) atoms. The minimum Gasteiger partial charge on any atom is -0.335 e. The first-order valence-electron chi connectivity index (χ1n) is 10.1. The number of hydrogen-bond donors (Lipinski definition) is 0. The molecule has 1 aliphatic heterocycles. The zero-order valence-corrected chi connectivity index (χ0v) is 19.2. The van der Waals surface area contributed by atoms with E-state index in [0.717, 1.165) is 31.2 Å². The fourth-order valence-corrected chi connectivity index (χ4v) is 6.99. The SMILES string of the molecule is Cn1c(SCC(=O)N(C2CCCC2)C2CCS(=O)(=O)C2)nnc1-c1ccc(Cl)cc1. The molecule has 2 heterocycles. The summed E-state index contributed by atoms with van der Waals surface area (Å²) >= 11 is 7.30. The summed E-state index contributed by atoms with van der Waals surface area (Å²) in [5.41, 5.74) is 0.899. The van der Waals surface area contributed by atoms with E-state index in [1.165, 1.54) is 11.8 Å². The van der Waals surface area contributed by atoms with Crippen LogP contribution < -0.4 is 0 Å². The number of carbonyl (C=O) groups is 1. The number of aromatic nitrogens is 3. The van der Waals surface area contributed by atoms with Crippen LogP contribution in [0.2, 0.25) is 5.02 Å². The summed E-state index contributed by atoms with van der Waals surface area (Å²) in [6.45, 7) is 0. The zero-order valence-electron chi connectivity index (χ0n) is 16.8. The fourth-order valence-electron chi connectivity index (χ4n) is 4.37. The van der Waals surface area contributed by atoms with Gasteiger partial charge in [0.2, 0.25) is 5.91 Å². The maximum atomic E-state index is 13.2. The van der Waals surface area contributed by atoms with Crippen LogP contribution in [0.1, 0.15) is 32.1 Å². The van der Waals surface area contributed by atoms with Crippen LogP contribution >= 0.6 is 23.4 Å². The topological polar surface area (TPSA) is 85.2 Å². The molecule has 0 N–H and O–H groups in total. The minimum absolute atomic E-state index is 0.00922. The van der Waals surface area contributed by atoms with Crippen molar-refractivity contribution in [2.45, 2.75) is 49.3 Å². The van der Waals surface area contributed by atoms with Gasteiger partial charge in [-0.3, -0.25) is 4.79 Å². The first-order chi connectivity index (χ1) is 14.3. The van der Waals surface area contributed by atoms with E-state index in [1.54, 1.807) is 12.1 Å². The molecule has 0 radical (unpaired) electrons. The largest absolute Gasteiger partial charge is 0.335 e. The van der Waals surface area contributed by atoms with Crippen LogP contribution in [0.5, 0.6) is 0 Å². The van der Waals surface area contributed by atoms with Gasteiger partial charge in [-0.1, -0.05) is 36.2 Å². The van der Waals surface area contributed by atoms with E-state index in [1.807, 2.05) is 28.6 Å². The van der Waals surface area contributed by atoms with E-state index < -0.39 is 9.84 Å². The lowest BCUT2D eigenvalue weighted by Crippen LogP contribution is -2.47. The quantitative estimate of drug-likeness (QED) is 0.605. The Balaban J connectivity index is 1.46. The number of sulfone groups is 1. The maximum Gasteiger partial charge on any atom is 0.233 e. The molecule has 1 unspecified atom stereocenters. The molecule has 10 heteroatoms. The van der Waals surface area contributed by atoms with E-state index in [2.05, 4.69) is 10.2 Å². The highest BCUT2D eigenvalue weighted by atomic mass is 35.5. The molecule has 1 saturated heterocycles. The summed E-state index contributed by atoms with van der Waals surface area (Å²) < 4.78 is 25.8. The van der Waals surface area contributed by atoms with Crippen LogP contribution in [0.4, 0.5) is 0 Å². The highest BCUT2D eigenvalue weighted by Crippen LogP contribution is 2.31. The van der Waals surface area contributed by atoms with Crippen molar-refractivity contribution in [2.75, 3.05) is 17.3 Å². The third kappa shape index (κ3) is 4.68. The molecular weight excluding hydrogens is 444 g/mol. The third-order valence-electron chi connectivity index (χ3n) is 5.87. The average Bonchev–Trinajstić information content (AvgIpc) is 3.43. The lowest BCUT2D eigenvalue weighted by atomic mass is 10.1. The van der Waals surface area contributed by atoms with Crippen LogP contribution in [-0.2, 0) is 21.7 Å². The van der Waals surface area contributed by atoms with Crippen LogP contribution in [0.15, 0.2) is 29.4 Å². The molecule has 2 aliphatic rings. The Morgan fingerprint density at radius 2 is 1.87 bits per heavy atom. The Kier molecular flexibility index (Phi) is 6.41. The molecule has 0 bridgehead atoms. The van der Waals surface area contributed by atoms with Gasteiger partial charge in [-0.15, -0.1) is 10.2 Å². The van der Waals surface area contributed by atoms with E-state index in [0.29, 0.717) is 22.4 Å². The van der Waals surface area contributed by atoms with Gasteiger partial charge in [0.05, 0.1) is 17.3 Å². The molecule has 2 fully saturated rings. The first-order valence-corrected chi connectivity index (χ1v) is 13.3. The second-order valence-electron chi connectivity index (χ2n) is 7.96. The van der Waals surface area contributed by atoms with Crippen molar-refractivity contribution in [3.05, 3.63) is 29.3 Å². The van der Waals surface area contributed by atoms with E-state index in [9.17, 15) is 13.2 Å². The van der Waals surface area contributed by atoms with Gasteiger partial charge in [-0.05, 0) is 43.5 Å². The summed E-state index contributed by atoms with van der Waals surface area (Å²) in [5.74, 6) is 1.18. The monoisotopic (exact) mass is 468 g/mol. The van der Waals surface area contributed by atoms with Crippen molar-refractivity contribution in [3.8, 4) is 11.4 Å². The summed E-state index contributed by atoms with van der Waals surface area (Å²) in [6, 6.07) is 7.33. The van der Waals surface area contributed by atoms with E-state index in [-0.39, 0.29) is 35.2 Å². The van der Waals surface area contributed by atoms with Crippen LogP contribution in [0.3, 0.4) is 0 Å². The predicted molar refractivity (Wildman–Crippen MR) is 118 cm³/mol. The van der Waals surface area contributed by atoms with Crippen molar-refractivity contribution in [1.29, 1.82) is 0 Å². The average molecular weight is 469 g/mol. The molecule has 1 aromatic heterocycles. The number of benzene rings is 1. The number of carbonyl (C=O) groups excluding carboxylic acids is 1. The number of nitrogens with zero attached hydrogens (tertiary/aromatic N) is 4. The Bertz CT molecular complexity index is 1020. The second kappa shape index (κ2) is 8.88. The van der Waals surface area contributed by atoms with Gasteiger partial charge in [0.1, 0.15) is 0 Å². The fraction of sp³-hybridized carbons (Fsp3) is 0.550. The Labute approximate surface area is 186 Å². The maximum absolute atomic E-state index is 13.2. The summed E-state index contributed by atoms with van der Waals surface area (Å²) in [4.78, 5) is 15.0. The zero-order chi connectivity index (χ0) is 21.3. The molecule has 7 nitrogen and oxygen atoms in total. The van der Waals surface area contributed by atoms with Crippen LogP contribution in [-0.4, -0.2) is 63.3 Å². The number of rotatable bonds is 6. The standard InChI is InChI=1S/C20H25ClN4O3S2/c1-24-19(14-6-8-15(21)9-7-14)22-23-20(24)29-12-18(26)25(16-4-2-3-5-16)17-10-11-30(27,28)13-17/h6-9,16-17H,2-5,10-13H2,1H3. The number of amides is 1. The molecule has 1 atom stereocenters. The normalized spacial score (nSPS) is 21.2. The third-order valence-corrected chi connectivity index (χ3v) is 8.88. The van der Waals surface area contributed by atoms with Gasteiger partial charge in [-0.25, -0.2) is 8.42 Å². The second-order valence-corrected chi connectivity index (χ2v) is 11.6. The van der Waals surface area contributed by atoms with Crippen LogP contribution in [0.25, 0.3) is 11.4 Å². The summed E-state index contributed by atoms with van der Waals surface area (Å²) in [5, 5.41) is 9.80. The van der Waals surface area contributed by atoms with Crippen molar-refractivity contribution in [3.63, 3.8) is 0 Å². The molecule has 2 aromatic rings. The molecule has 1 amide bonds. The van der Waals surface area contributed by atoms with Crippen LogP contribution in [0, 0.1) is 0 Å². The minimum atomic E-state index is -3.04. The molecule has 1 aromatic carbocycles. The first kappa shape index (κ1) is 21.6. The lowest BCUT2D eigenvalue weighted by molar-refractivity contribution is -0.132. The molecular formula is C20H25ClN4O3S2. The molecule has 162 valence electrons. The van der Waals surface area contributed by atoms with Gasteiger partial charge in [0.25, 0.3) is 0 Å². The Morgan fingerprint density at radius 3 is 2.50 bits per heavy atom. The van der Waals surface area contributed by atoms with Gasteiger partial charge < -0.3 is 9.47 Å². The number of hydrogen-bond acceptors (Lipinski definition) is 6. The molecule has 4 rings (SSSR count). The van der Waals surface area contributed by atoms with Crippen molar-refractivity contribution in [1.82, 2.24) is 19.7 Å². The number of thioether (sulfide) groups is 1. The lowest BCUT2D eigenvalue weighted by Gasteiger charge is -2.34. The Hall–Kier alpha value is -1.58. The van der Waals surface area contributed by atoms with E-state index >= 15 is 0 Å². The molecule has 0 spiro atoms. The molecule has 1 saturated carbocycles. The van der Waals surface area contributed by atoms with Gasteiger partial charge in [-0.2, -0.15) is 0 Å². The predicted octanol–water partition coefficient (Wildman–Crippen LogP) is 3.19. The molecule has 1 aliphatic carbocycles. The van der Waals surface area contributed by atoms with Crippen molar-refractivity contribution < 1.29 is 13.2 Å². The van der Waals surface area contributed by atoms with E-state index in [4.69, 9.17) is 11.6 Å². The Morgan fingerprint density at radius 1 is 1.17 bits per heavy atom. The highest BCUT2D eigenvalue weighted by molar-refractivity contribution is 7.99. The van der Waals surface area contributed by atoms with Crippen molar-refractivity contribution >= 4 is 39.1 Å². The number of halogens is 1. The van der Waals surface area contributed by atoms with Gasteiger partial charge >= 0.3 is 0 Å². The summed E-state index contributed by atoms with van der Waals surface area (Å²) in [7, 11) is -1.17. The van der Waals surface area contributed by atoms with Crippen molar-refractivity contribution in [2.24, 2.45) is 7.05 Å². The van der Waals surface area contributed by atoms with Gasteiger partial charge in [0.15, 0.2) is 20.8 Å².